The van der Waals surface area contributed by atoms with Crippen molar-refractivity contribution in [2.24, 2.45) is 0 Å². The number of nitrogens with one attached hydrogen (secondary N) is 2. The summed E-state index contributed by atoms with van der Waals surface area (Å²) in [5, 5.41) is 10.1. The van der Waals surface area contributed by atoms with E-state index in [4.69, 9.17) is 17.0 Å². The zero-order valence-corrected chi connectivity index (χ0v) is 12.1. The summed E-state index contributed by atoms with van der Waals surface area (Å²) in [5.41, 5.74) is 1.05. The highest BCUT2D eigenvalue weighted by molar-refractivity contribution is 7.80. The van der Waals surface area contributed by atoms with Crippen LogP contribution in [0.1, 0.15) is 30.1 Å². The molecule has 1 aromatic heterocycles. The second-order valence-electron chi connectivity index (χ2n) is 3.80. The van der Waals surface area contributed by atoms with E-state index in [1.165, 1.54) is 0 Å². The van der Waals surface area contributed by atoms with Gasteiger partial charge in [0.1, 0.15) is 5.01 Å². The lowest BCUT2D eigenvalue weighted by molar-refractivity contribution is 0.195. The molecule has 0 fully saturated rings. The van der Waals surface area contributed by atoms with Crippen LogP contribution in [0.3, 0.4) is 0 Å². The molecule has 17 heavy (non-hydrogen) atoms. The number of hydrogen-bond donors (Lipinski definition) is 2. The van der Waals surface area contributed by atoms with Crippen LogP contribution in [0.2, 0.25) is 0 Å². The first-order valence-electron chi connectivity index (χ1n) is 5.59. The van der Waals surface area contributed by atoms with Gasteiger partial charge in [0.25, 0.3) is 0 Å². The lowest BCUT2D eigenvalue weighted by Crippen LogP contribution is -2.37. The molecule has 0 aliphatic carbocycles. The molecule has 0 aliphatic rings. The van der Waals surface area contributed by atoms with Crippen LogP contribution in [0.5, 0.6) is 0 Å². The number of nitrogens with zero attached hydrogens (tertiary/aromatic N) is 1. The number of thiocarbonyl (C=S) groups is 1. The third kappa shape index (κ3) is 5.43. The number of aromatic nitrogens is 1. The Morgan fingerprint density at radius 1 is 1.65 bits per heavy atom. The molecule has 96 valence electrons. The van der Waals surface area contributed by atoms with Crippen molar-refractivity contribution in [3.05, 3.63) is 16.1 Å². The van der Waals surface area contributed by atoms with Crippen LogP contribution in [0, 0.1) is 6.92 Å². The smallest absolute Gasteiger partial charge is 0.166 e. The largest absolute Gasteiger partial charge is 0.385 e. The third-order valence-electron chi connectivity index (χ3n) is 2.17. The third-order valence-corrected chi connectivity index (χ3v) is 3.57. The zero-order valence-electron chi connectivity index (χ0n) is 10.4. The fourth-order valence-electron chi connectivity index (χ4n) is 1.30. The van der Waals surface area contributed by atoms with Crippen LogP contribution in [0.4, 0.5) is 0 Å². The fourth-order valence-corrected chi connectivity index (χ4v) is 2.38. The van der Waals surface area contributed by atoms with Gasteiger partial charge in [0, 0.05) is 31.3 Å². The maximum absolute atomic E-state index is 5.20. The number of thiazole rings is 1. The summed E-state index contributed by atoms with van der Waals surface area (Å²) < 4.78 is 4.96. The predicted octanol–water partition coefficient (Wildman–Crippen LogP) is 2.01. The summed E-state index contributed by atoms with van der Waals surface area (Å²) in [6, 6.07) is 0.149. The van der Waals surface area contributed by atoms with Crippen molar-refractivity contribution in [3.8, 4) is 0 Å². The van der Waals surface area contributed by atoms with Gasteiger partial charge >= 0.3 is 0 Å². The number of methoxy groups -OCH3 is 1. The molecule has 1 rings (SSSR count). The second-order valence-corrected chi connectivity index (χ2v) is 5.09. The van der Waals surface area contributed by atoms with Gasteiger partial charge in [-0.05, 0) is 32.5 Å². The maximum atomic E-state index is 5.20. The molecule has 4 nitrogen and oxygen atoms in total. The van der Waals surface area contributed by atoms with Crippen LogP contribution in [-0.4, -0.2) is 30.4 Å². The van der Waals surface area contributed by atoms with E-state index in [9.17, 15) is 0 Å². The molecule has 6 heteroatoms. The van der Waals surface area contributed by atoms with Crippen LogP contribution in [-0.2, 0) is 4.74 Å². The van der Waals surface area contributed by atoms with Crippen molar-refractivity contribution in [1.29, 1.82) is 0 Å². The van der Waals surface area contributed by atoms with Gasteiger partial charge in [0.15, 0.2) is 5.11 Å². The maximum Gasteiger partial charge on any atom is 0.166 e. The first-order chi connectivity index (χ1) is 8.13. The summed E-state index contributed by atoms with van der Waals surface area (Å²) in [6.07, 6.45) is 0.947. The molecular weight excluding hydrogens is 254 g/mol. The monoisotopic (exact) mass is 273 g/mol. The Hall–Kier alpha value is -0.720. The minimum atomic E-state index is 0.149. The molecule has 0 spiro atoms. The molecule has 0 amide bonds. The number of rotatable bonds is 6. The molecule has 1 atom stereocenters. The van der Waals surface area contributed by atoms with E-state index in [0.29, 0.717) is 5.11 Å². The van der Waals surface area contributed by atoms with E-state index in [2.05, 4.69) is 22.5 Å². The predicted molar refractivity (Wildman–Crippen MR) is 75.5 cm³/mol. The molecule has 2 N–H and O–H groups in total. The van der Waals surface area contributed by atoms with E-state index in [0.717, 1.165) is 30.3 Å². The number of ether oxygens (including phenoxy) is 1. The average Bonchev–Trinajstić information content (AvgIpc) is 2.71. The Labute approximate surface area is 112 Å². The quantitative estimate of drug-likeness (QED) is 0.613. The molecule has 1 heterocycles. The normalized spacial score (nSPS) is 12.2. The molecule has 0 aromatic carbocycles. The van der Waals surface area contributed by atoms with E-state index >= 15 is 0 Å². The molecule has 0 saturated heterocycles. The van der Waals surface area contributed by atoms with E-state index < -0.39 is 0 Å². The highest BCUT2D eigenvalue weighted by Crippen LogP contribution is 2.16. The molecule has 1 aromatic rings. The first-order valence-corrected chi connectivity index (χ1v) is 6.87. The van der Waals surface area contributed by atoms with Gasteiger partial charge in [-0.3, -0.25) is 0 Å². The Bertz CT molecular complexity index is 354. The molecule has 0 saturated carbocycles. The van der Waals surface area contributed by atoms with Crippen molar-refractivity contribution >= 4 is 28.7 Å². The summed E-state index contributed by atoms with van der Waals surface area (Å²) in [7, 11) is 1.70. The van der Waals surface area contributed by atoms with Gasteiger partial charge < -0.3 is 15.4 Å². The summed E-state index contributed by atoms with van der Waals surface area (Å²) >= 11 is 6.85. The van der Waals surface area contributed by atoms with Crippen molar-refractivity contribution in [1.82, 2.24) is 15.6 Å². The van der Waals surface area contributed by atoms with E-state index in [1.54, 1.807) is 18.4 Å². The lowest BCUT2D eigenvalue weighted by atomic mass is 10.3. The number of hydrogen-bond acceptors (Lipinski definition) is 4. The van der Waals surface area contributed by atoms with Crippen molar-refractivity contribution < 1.29 is 4.74 Å². The van der Waals surface area contributed by atoms with E-state index in [-0.39, 0.29) is 6.04 Å². The van der Waals surface area contributed by atoms with Gasteiger partial charge in [-0.25, -0.2) is 4.98 Å². The first kappa shape index (κ1) is 14.3. The summed E-state index contributed by atoms with van der Waals surface area (Å²) in [5.74, 6) is 0. The molecule has 0 bridgehead atoms. The van der Waals surface area contributed by atoms with Gasteiger partial charge in [-0.15, -0.1) is 11.3 Å². The molecule has 0 radical (unpaired) electrons. The summed E-state index contributed by atoms with van der Waals surface area (Å²) in [6.45, 7) is 5.62. The standard InChI is InChI=1S/C11H19N3OS2/c1-8-7-17-10(13-8)9(2)14-11(16)12-5-4-6-15-3/h7,9H,4-6H2,1-3H3,(H2,12,14,16). The van der Waals surface area contributed by atoms with Gasteiger partial charge in [0.2, 0.25) is 0 Å². The van der Waals surface area contributed by atoms with Crippen LogP contribution < -0.4 is 10.6 Å². The molecule has 0 aliphatic heterocycles. The average molecular weight is 273 g/mol. The van der Waals surface area contributed by atoms with Crippen LogP contribution in [0.15, 0.2) is 5.38 Å². The van der Waals surface area contributed by atoms with E-state index in [1.807, 2.05) is 12.3 Å². The number of aryl methyl sites for hydroxylation is 1. The van der Waals surface area contributed by atoms with Crippen molar-refractivity contribution in [2.75, 3.05) is 20.3 Å². The SMILES string of the molecule is COCCCNC(=S)NC(C)c1nc(C)cs1. The highest BCUT2D eigenvalue weighted by Gasteiger charge is 2.09. The minimum Gasteiger partial charge on any atom is -0.385 e. The zero-order chi connectivity index (χ0) is 12.7. The van der Waals surface area contributed by atoms with Gasteiger partial charge in [-0.2, -0.15) is 0 Å². The molecule has 1 unspecified atom stereocenters. The Morgan fingerprint density at radius 3 is 3.00 bits per heavy atom. The minimum absolute atomic E-state index is 0.149. The van der Waals surface area contributed by atoms with Gasteiger partial charge in [-0.1, -0.05) is 0 Å². The lowest BCUT2D eigenvalue weighted by Gasteiger charge is -2.14. The van der Waals surface area contributed by atoms with Crippen LogP contribution in [0.25, 0.3) is 0 Å². The topological polar surface area (TPSA) is 46.2 Å². The van der Waals surface area contributed by atoms with Crippen LogP contribution >= 0.6 is 23.6 Å². The Morgan fingerprint density at radius 2 is 2.41 bits per heavy atom. The second kappa shape index (κ2) is 7.58. The Kier molecular flexibility index (Phi) is 6.39. The van der Waals surface area contributed by atoms with Gasteiger partial charge in [0.05, 0.1) is 6.04 Å². The molecular formula is C11H19N3OS2. The fraction of sp³-hybridized carbons (Fsp3) is 0.636. The van der Waals surface area contributed by atoms with Crippen molar-refractivity contribution in [3.63, 3.8) is 0 Å². The highest BCUT2D eigenvalue weighted by atomic mass is 32.1. The van der Waals surface area contributed by atoms with Crippen molar-refractivity contribution in [2.45, 2.75) is 26.3 Å². The Balaban J connectivity index is 2.26. The summed E-state index contributed by atoms with van der Waals surface area (Å²) in [4.78, 5) is 4.42.